The third-order valence-electron chi connectivity index (χ3n) is 10.8. The predicted octanol–water partition coefficient (Wildman–Crippen LogP) is 10.7. The molecule has 4 atom stereocenters. The molecule has 214 valence electrons. The Balaban J connectivity index is 1.72. The van der Waals surface area contributed by atoms with Crippen molar-refractivity contribution in [2.75, 3.05) is 0 Å². The molecule has 0 amide bonds. The second-order valence-corrected chi connectivity index (χ2v) is 14.6. The summed E-state index contributed by atoms with van der Waals surface area (Å²) in [6, 6.07) is 0. The van der Waals surface area contributed by atoms with Crippen molar-refractivity contribution in [3.05, 3.63) is 48.6 Å². The Morgan fingerprint density at radius 2 is 0.974 bits per heavy atom. The highest BCUT2D eigenvalue weighted by Crippen LogP contribution is 2.58. The van der Waals surface area contributed by atoms with Crippen molar-refractivity contribution < 1.29 is 9.78 Å². The Kier molecular flexibility index (Phi) is 9.89. The van der Waals surface area contributed by atoms with Gasteiger partial charge in [-0.25, -0.2) is 9.78 Å². The fourth-order valence-electron chi connectivity index (χ4n) is 9.11. The van der Waals surface area contributed by atoms with E-state index >= 15 is 0 Å². The lowest BCUT2D eigenvalue weighted by molar-refractivity contribution is -0.447. The molecule has 0 aliphatic heterocycles. The predicted molar refractivity (Wildman–Crippen MR) is 162 cm³/mol. The Hall–Kier alpha value is -1.12. The average Bonchev–Trinajstić information content (AvgIpc) is 2.93. The van der Waals surface area contributed by atoms with Gasteiger partial charge in [-0.3, -0.25) is 0 Å². The van der Waals surface area contributed by atoms with Gasteiger partial charge in [-0.2, -0.15) is 0 Å². The Bertz CT molecular complexity index is 796. The molecule has 2 nitrogen and oxygen atoms in total. The summed E-state index contributed by atoms with van der Waals surface area (Å²) < 4.78 is 0. The second kappa shape index (κ2) is 12.6. The highest BCUT2D eigenvalue weighted by atomic mass is 17.2. The van der Waals surface area contributed by atoms with Crippen LogP contribution in [0.3, 0.4) is 0 Å². The van der Waals surface area contributed by atoms with Gasteiger partial charge in [-0.1, -0.05) is 115 Å². The zero-order chi connectivity index (χ0) is 27.3. The summed E-state index contributed by atoms with van der Waals surface area (Å²) in [4.78, 5) is 14.3. The molecule has 2 heteroatoms. The third kappa shape index (κ3) is 5.97. The first kappa shape index (κ1) is 29.9. The number of allylic oxidation sites excluding steroid dienone is 6. The van der Waals surface area contributed by atoms with Gasteiger partial charge in [0, 0.05) is 10.8 Å². The van der Waals surface area contributed by atoms with Gasteiger partial charge in [0.05, 0.1) is 0 Å². The molecule has 4 aliphatic carbocycles. The Morgan fingerprint density at radius 1 is 0.605 bits per heavy atom. The summed E-state index contributed by atoms with van der Waals surface area (Å²) in [5.74, 6) is 2.35. The molecule has 4 aliphatic rings. The molecule has 0 aromatic carbocycles. The van der Waals surface area contributed by atoms with Crippen molar-refractivity contribution in [2.24, 2.45) is 34.5 Å². The quantitative estimate of drug-likeness (QED) is 0.198. The molecule has 0 bridgehead atoms. The zero-order valence-electron chi connectivity index (χ0n) is 25.6. The third-order valence-corrected chi connectivity index (χ3v) is 10.8. The first-order valence-corrected chi connectivity index (χ1v) is 16.2. The van der Waals surface area contributed by atoms with Crippen LogP contribution in [0, 0.1) is 34.5 Å². The van der Waals surface area contributed by atoms with Gasteiger partial charge in [0.15, 0.2) is 0 Å². The summed E-state index contributed by atoms with van der Waals surface area (Å²) in [5.41, 5.74) is -0.813. The van der Waals surface area contributed by atoms with Crippen LogP contribution < -0.4 is 0 Å². The molecule has 0 aromatic rings. The molecule has 2 saturated carbocycles. The molecule has 4 unspecified atom stereocenters. The van der Waals surface area contributed by atoms with Crippen LogP contribution in [0.15, 0.2) is 48.6 Å². The summed E-state index contributed by atoms with van der Waals surface area (Å²) in [6.07, 6.45) is 36.3. The van der Waals surface area contributed by atoms with Crippen molar-refractivity contribution >= 4 is 0 Å². The van der Waals surface area contributed by atoms with Crippen LogP contribution in [-0.2, 0) is 9.78 Å². The van der Waals surface area contributed by atoms with E-state index < -0.39 is 0 Å². The normalized spacial score (nSPS) is 32.1. The van der Waals surface area contributed by atoms with Crippen LogP contribution in [0.1, 0.15) is 131 Å². The van der Waals surface area contributed by atoms with Gasteiger partial charge >= 0.3 is 0 Å². The van der Waals surface area contributed by atoms with E-state index in [1.54, 1.807) is 0 Å². The fourth-order valence-corrected chi connectivity index (χ4v) is 9.11. The van der Waals surface area contributed by atoms with Crippen molar-refractivity contribution in [3.8, 4) is 0 Å². The van der Waals surface area contributed by atoms with Gasteiger partial charge in [-0.15, -0.1) is 0 Å². The van der Waals surface area contributed by atoms with Gasteiger partial charge < -0.3 is 0 Å². The minimum Gasteiger partial charge on any atom is -0.229 e. The molecule has 4 rings (SSSR count). The smallest absolute Gasteiger partial charge is 0.111 e. The molecule has 0 spiro atoms. The summed E-state index contributed by atoms with van der Waals surface area (Å²) in [7, 11) is 0. The van der Waals surface area contributed by atoms with Gasteiger partial charge in [-0.05, 0) is 88.9 Å². The highest BCUT2D eigenvalue weighted by Gasteiger charge is 2.57. The van der Waals surface area contributed by atoms with Gasteiger partial charge in [0.1, 0.15) is 11.2 Å². The van der Waals surface area contributed by atoms with E-state index in [9.17, 15) is 0 Å². The van der Waals surface area contributed by atoms with Gasteiger partial charge in [0.2, 0.25) is 0 Å². The maximum absolute atomic E-state index is 7.13. The SMILES string of the molecule is CC(C)CC(C)(OOC(C)(CC(C)C)C1(C2CCCCC2)C=CC=CC1)C1(C2CCCCC2)C=CC=CC1. The first-order chi connectivity index (χ1) is 18.2. The average molecular weight is 523 g/mol. The lowest BCUT2D eigenvalue weighted by atomic mass is 9.56. The number of hydrogen-bond acceptors (Lipinski definition) is 2. The van der Waals surface area contributed by atoms with Crippen LogP contribution in [0.25, 0.3) is 0 Å². The minimum atomic E-state index is -0.384. The van der Waals surface area contributed by atoms with E-state index in [0.717, 1.165) is 25.7 Å². The van der Waals surface area contributed by atoms with Crippen molar-refractivity contribution in [1.82, 2.24) is 0 Å². The lowest BCUT2D eigenvalue weighted by Gasteiger charge is -2.56. The summed E-state index contributed by atoms with van der Waals surface area (Å²) in [6.45, 7) is 14.2. The van der Waals surface area contributed by atoms with E-state index in [1.165, 1.54) is 64.2 Å². The van der Waals surface area contributed by atoms with E-state index in [1.807, 2.05) is 0 Å². The van der Waals surface area contributed by atoms with Crippen molar-refractivity contribution in [3.63, 3.8) is 0 Å². The Morgan fingerprint density at radius 3 is 1.26 bits per heavy atom. The number of hydrogen-bond donors (Lipinski definition) is 0. The zero-order valence-corrected chi connectivity index (χ0v) is 25.6. The standard InChI is InChI=1S/C36H58O2/c1-29(2)27-33(5,35(23-15-9-16-24-35)31-19-11-7-12-20-31)37-38-34(6,28-30(3)4)36(25-17-10-18-26-36)32-21-13-8-14-22-32/h9-10,15-18,23,25,29-32H,7-8,11-14,19-22,24,26-28H2,1-6H3. The molecule has 0 N–H and O–H groups in total. The molecular weight excluding hydrogens is 464 g/mol. The van der Waals surface area contributed by atoms with Crippen LogP contribution in [0.4, 0.5) is 0 Å². The topological polar surface area (TPSA) is 18.5 Å². The first-order valence-electron chi connectivity index (χ1n) is 16.2. The van der Waals surface area contributed by atoms with Crippen LogP contribution in [-0.4, -0.2) is 11.2 Å². The molecule has 38 heavy (non-hydrogen) atoms. The van der Waals surface area contributed by atoms with E-state index in [2.05, 4.69) is 90.2 Å². The van der Waals surface area contributed by atoms with E-state index in [0.29, 0.717) is 23.7 Å². The van der Waals surface area contributed by atoms with Crippen LogP contribution in [0.2, 0.25) is 0 Å². The molecule has 0 radical (unpaired) electrons. The van der Waals surface area contributed by atoms with Crippen LogP contribution in [0.5, 0.6) is 0 Å². The fraction of sp³-hybridized carbons (Fsp3) is 0.778. The molecule has 2 fully saturated rings. The number of rotatable bonds is 11. The maximum atomic E-state index is 7.13. The summed E-state index contributed by atoms with van der Waals surface area (Å²) >= 11 is 0. The molecule has 0 saturated heterocycles. The Labute approximate surface area is 235 Å². The second-order valence-electron chi connectivity index (χ2n) is 14.6. The summed E-state index contributed by atoms with van der Waals surface area (Å²) in [5, 5.41) is 0. The van der Waals surface area contributed by atoms with Gasteiger partial charge in [0.25, 0.3) is 0 Å². The van der Waals surface area contributed by atoms with Crippen LogP contribution >= 0.6 is 0 Å². The maximum Gasteiger partial charge on any atom is 0.111 e. The van der Waals surface area contributed by atoms with Crippen molar-refractivity contribution in [2.45, 2.75) is 143 Å². The largest absolute Gasteiger partial charge is 0.229 e. The minimum absolute atomic E-state index is 0.0223. The van der Waals surface area contributed by atoms with Crippen molar-refractivity contribution in [1.29, 1.82) is 0 Å². The monoisotopic (exact) mass is 522 g/mol. The molecular formula is C36H58O2. The van der Waals surface area contributed by atoms with E-state index in [-0.39, 0.29) is 22.0 Å². The molecule has 0 aromatic heterocycles. The lowest BCUT2D eigenvalue weighted by Crippen LogP contribution is -2.57. The highest BCUT2D eigenvalue weighted by molar-refractivity contribution is 5.25. The molecule has 0 heterocycles. The van der Waals surface area contributed by atoms with E-state index in [4.69, 9.17) is 9.78 Å².